The van der Waals surface area contributed by atoms with E-state index in [-0.39, 0.29) is 31.1 Å². The molecule has 0 aliphatic heterocycles. The summed E-state index contributed by atoms with van der Waals surface area (Å²) in [6, 6.07) is 0. The third kappa shape index (κ3) is 52.3. The summed E-state index contributed by atoms with van der Waals surface area (Å²) >= 11 is 0. The van der Waals surface area contributed by atoms with E-state index >= 15 is 0 Å². The van der Waals surface area contributed by atoms with Gasteiger partial charge in [0, 0.05) is 19.3 Å². The van der Waals surface area contributed by atoms with Crippen molar-refractivity contribution in [2.24, 2.45) is 0 Å². The lowest BCUT2D eigenvalue weighted by atomic mass is 10.0. The Morgan fingerprint density at radius 1 is 0.303 bits per heavy atom. The summed E-state index contributed by atoms with van der Waals surface area (Å²) in [5.41, 5.74) is 0. The van der Waals surface area contributed by atoms with Crippen molar-refractivity contribution in [3.63, 3.8) is 0 Å². The van der Waals surface area contributed by atoms with Crippen molar-refractivity contribution in [3.8, 4) is 0 Å². The van der Waals surface area contributed by atoms with Gasteiger partial charge in [-0.15, -0.1) is 0 Å². The maximum absolute atomic E-state index is 12.8. The first-order valence-electron chi connectivity index (χ1n) is 28.6. The summed E-state index contributed by atoms with van der Waals surface area (Å²) in [5.74, 6) is -0.896. The van der Waals surface area contributed by atoms with Crippen LogP contribution >= 0.6 is 0 Å². The van der Waals surface area contributed by atoms with Crippen LogP contribution in [0.15, 0.2) is 48.6 Å². The molecular weight excluding hydrogens is 817 g/mol. The van der Waals surface area contributed by atoms with Gasteiger partial charge >= 0.3 is 17.9 Å². The fraction of sp³-hybridized carbons (Fsp3) is 0.817. The van der Waals surface area contributed by atoms with Gasteiger partial charge in [-0.2, -0.15) is 0 Å². The Balaban J connectivity index is 4.33. The van der Waals surface area contributed by atoms with E-state index in [1.165, 1.54) is 148 Å². The summed E-state index contributed by atoms with van der Waals surface area (Å²) in [5, 5.41) is 0. The van der Waals surface area contributed by atoms with Crippen LogP contribution in [0.1, 0.15) is 297 Å². The molecule has 0 radical (unpaired) electrons. The second-order valence-electron chi connectivity index (χ2n) is 19.2. The smallest absolute Gasteiger partial charge is 0.306 e. The highest BCUT2D eigenvalue weighted by Crippen LogP contribution is 2.16. The number of rotatable bonds is 52. The topological polar surface area (TPSA) is 78.9 Å². The zero-order valence-corrected chi connectivity index (χ0v) is 44.0. The molecule has 0 spiro atoms. The third-order valence-electron chi connectivity index (χ3n) is 12.5. The molecule has 0 rings (SSSR count). The molecule has 0 aromatic rings. The van der Waals surface area contributed by atoms with Crippen molar-refractivity contribution < 1.29 is 28.6 Å². The van der Waals surface area contributed by atoms with Gasteiger partial charge in [0.15, 0.2) is 6.10 Å². The molecule has 0 bridgehead atoms. The summed E-state index contributed by atoms with van der Waals surface area (Å²) in [6.07, 6.45) is 66.7. The van der Waals surface area contributed by atoms with Gasteiger partial charge in [0.1, 0.15) is 13.2 Å². The highest BCUT2D eigenvalue weighted by Gasteiger charge is 2.19. The van der Waals surface area contributed by atoms with Crippen LogP contribution in [0.2, 0.25) is 0 Å². The first kappa shape index (κ1) is 63.4. The van der Waals surface area contributed by atoms with E-state index in [1.54, 1.807) is 0 Å². The van der Waals surface area contributed by atoms with Crippen molar-refractivity contribution >= 4 is 17.9 Å². The number of hydrogen-bond acceptors (Lipinski definition) is 6. The first-order valence-corrected chi connectivity index (χ1v) is 28.6. The average molecular weight is 926 g/mol. The minimum Gasteiger partial charge on any atom is -0.462 e. The predicted molar refractivity (Wildman–Crippen MR) is 284 cm³/mol. The van der Waals surface area contributed by atoms with Crippen LogP contribution in [0, 0.1) is 0 Å². The standard InChI is InChI=1S/C60H108O6/c1-4-7-10-13-16-19-22-25-27-28-29-30-31-33-35-38-41-44-47-50-53-59(62)65-56-57(55-64-58(61)52-49-46-43-40-37-34-24-21-18-15-12-9-6-3)66-60(63)54-51-48-45-42-39-36-32-26-23-20-17-14-11-8-5-2/h12,15,17,20-21,24,26,32,57H,4-11,13-14,16,18-19,22-23,25,27-31,33-56H2,1-3H3/b15-12-,20-17-,24-21-,32-26-. The highest BCUT2D eigenvalue weighted by molar-refractivity contribution is 5.71. The molecular formula is C60H108O6. The van der Waals surface area contributed by atoms with Crippen molar-refractivity contribution in [2.75, 3.05) is 13.2 Å². The fourth-order valence-corrected chi connectivity index (χ4v) is 8.22. The molecule has 6 nitrogen and oxygen atoms in total. The van der Waals surface area contributed by atoms with Crippen LogP contribution in [-0.4, -0.2) is 37.2 Å². The third-order valence-corrected chi connectivity index (χ3v) is 12.5. The second-order valence-corrected chi connectivity index (χ2v) is 19.2. The van der Waals surface area contributed by atoms with E-state index in [1.807, 2.05) is 0 Å². The number of hydrogen-bond donors (Lipinski definition) is 0. The van der Waals surface area contributed by atoms with Gasteiger partial charge in [-0.1, -0.05) is 249 Å². The maximum Gasteiger partial charge on any atom is 0.306 e. The summed E-state index contributed by atoms with van der Waals surface area (Å²) in [6.45, 7) is 6.56. The Labute approximate surface area is 409 Å². The van der Waals surface area contributed by atoms with E-state index in [0.717, 1.165) is 109 Å². The lowest BCUT2D eigenvalue weighted by Gasteiger charge is -2.18. The zero-order chi connectivity index (χ0) is 47.9. The van der Waals surface area contributed by atoms with Gasteiger partial charge in [0.05, 0.1) is 0 Å². The van der Waals surface area contributed by atoms with Crippen LogP contribution < -0.4 is 0 Å². The van der Waals surface area contributed by atoms with Crippen molar-refractivity contribution in [1.82, 2.24) is 0 Å². The van der Waals surface area contributed by atoms with Gasteiger partial charge in [-0.25, -0.2) is 0 Å². The van der Waals surface area contributed by atoms with E-state index in [4.69, 9.17) is 14.2 Å². The number of carbonyl (C=O) groups is 3. The van der Waals surface area contributed by atoms with Gasteiger partial charge in [-0.05, 0) is 77.0 Å². The van der Waals surface area contributed by atoms with Gasteiger partial charge < -0.3 is 14.2 Å². The van der Waals surface area contributed by atoms with Crippen LogP contribution in [0.25, 0.3) is 0 Å². The lowest BCUT2D eigenvalue weighted by molar-refractivity contribution is -0.167. The lowest BCUT2D eigenvalue weighted by Crippen LogP contribution is -2.30. The van der Waals surface area contributed by atoms with E-state index in [9.17, 15) is 14.4 Å². The maximum atomic E-state index is 12.8. The van der Waals surface area contributed by atoms with Crippen molar-refractivity contribution in [2.45, 2.75) is 303 Å². The number of esters is 3. The first-order chi connectivity index (χ1) is 32.5. The molecule has 0 heterocycles. The monoisotopic (exact) mass is 925 g/mol. The average Bonchev–Trinajstić information content (AvgIpc) is 3.31. The molecule has 0 aromatic carbocycles. The van der Waals surface area contributed by atoms with Crippen LogP contribution in [-0.2, 0) is 28.6 Å². The van der Waals surface area contributed by atoms with Crippen molar-refractivity contribution in [1.29, 1.82) is 0 Å². The number of allylic oxidation sites excluding steroid dienone is 8. The summed E-state index contributed by atoms with van der Waals surface area (Å²) in [7, 11) is 0. The van der Waals surface area contributed by atoms with Crippen molar-refractivity contribution in [3.05, 3.63) is 48.6 Å². The molecule has 0 saturated heterocycles. The van der Waals surface area contributed by atoms with Crippen LogP contribution in [0.4, 0.5) is 0 Å². The Morgan fingerprint density at radius 3 is 0.924 bits per heavy atom. The Kier molecular flexibility index (Phi) is 52.8. The van der Waals surface area contributed by atoms with Gasteiger partial charge in [0.2, 0.25) is 0 Å². The van der Waals surface area contributed by atoms with Crippen LogP contribution in [0.3, 0.4) is 0 Å². The molecule has 384 valence electrons. The molecule has 0 fully saturated rings. The van der Waals surface area contributed by atoms with E-state index < -0.39 is 6.10 Å². The van der Waals surface area contributed by atoms with E-state index in [2.05, 4.69) is 69.4 Å². The fourth-order valence-electron chi connectivity index (χ4n) is 8.22. The molecule has 0 aliphatic carbocycles. The predicted octanol–water partition coefficient (Wildman–Crippen LogP) is 19.0. The molecule has 0 aliphatic rings. The molecule has 1 atom stereocenters. The number of carbonyl (C=O) groups excluding carboxylic acids is 3. The SMILES string of the molecule is CCC/C=C\C/C=C\CCCCCCCC(=O)OCC(COC(=O)CCCCCCCCCCCCCCCCCCCCCC)OC(=O)CCCCCCC/C=C\C/C=C\CCCCC. The number of unbranched alkanes of at least 4 members (excludes halogenated alkanes) is 33. The zero-order valence-electron chi connectivity index (χ0n) is 44.0. The normalized spacial score (nSPS) is 12.3. The Hall–Kier alpha value is -2.63. The second kappa shape index (κ2) is 55.0. The molecule has 0 aromatic heterocycles. The quantitative estimate of drug-likeness (QED) is 0.0262. The molecule has 0 amide bonds. The minimum absolute atomic E-state index is 0.0807. The van der Waals surface area contributed by atoms with E-state index in [0.29, 0.717) is 19.3 Å². The van der Waals surface area contributed by atoms with Gasteiger partial charge in [0.25, 0.3) is 0 Å². The number of ether oxygens (including phenoxy) is 3. The molecule has 6 heteroatoms. The summed E-state index contributed by atoms with van der Waals surface area (Å²) in [4.78, 5) is 38.1. The molecule has 66 heavy (non-hydrogen) atoms. The van der Waals surface area contributed by atoms with Gasteiger partial charge in [-0.3, -0.25) is 14.4 Å². The van der Waals surface area contributed by atoms with Crippen LogP contribution in [0.5, 0.6) is 0 Å². The molecule has 0 N–H and O–H groups in total. The minimum atomic E-state index is -0.784. The highest BCUT2D eigenvalue weighted by atomic mass is 16.6. The molecule has 1 unspecified atom stereocenters. The molecule has 0 saturated carbocycles. The largest absolute Gasteiger partial charge is 0.462 e. The summed E-state index contributed by atoms with van der Waals surface area (Å²) < 4.78 is 16.8. The Morgan fingerprint density at radius 2 is 0.576 bits per heavy atom. The Bertz CT molecular complexity index is 1150.